The van der Waals surface area contributed by atoms with Crippen LogP contribution in [0.25, 0.3) is 10.9 Å². The fourth-order valence-electron chi connectivity index (χ4n) is 3.87. The molecule has 0 unspecified atom stereocenters. The lowest BCUT2D eigenvalue weighted by molar-refractivity contribution is -0.0149. The Balaban J connectivity index is 1.42. The molecule has 3 heterocycles. The van der Waals surface area contributed by atoms with Crippen LogP contribution in [0.4, 0.5) is 8.78 Å². The summed E-state index contributed by atoms with van der Waals surface area (Å²) in [6.45, 7) is 3.30. The minimum absolute atomic E-state index is 0.0528. The molecule has 2 saturated heterocycles. The number of likely N-dealkylation sites (tertiary alicyclic amines) is 2. The minimum Gasteiger partial charge on any atom is -0.380 e. The number of para-hydroxylation sites is 1. The van der Waals surface area contributed by atoms with Crippen molar-refractivity contribution in [2.24, 2.45) is 0 Å². The van der Waals surface area contributed by atoms with Crippen LogP contribution < -0.4 is 0 Å². The van der Waals surface area contributed by atoms with E-state index in [1.807, 2.05) is 36.1 Å². The zero-order valence-corrected chi connectivity index (χ0v) is 14.6. The van der Waals surface area contributed by atoms with Crippen LogP contribution in [0.1, 0.15) is 23.8 Å². The summed E-state index contributed by atoms with van der Waals surface area (Å²) in [5, 5.41) is 7.77. The number of H-pyrrole nitrogens is 1. The second kappa shape index (κ2) is 6.59. The number of amides is 1. The summed E-state index contributed by atoms with van der Waals surface area (Å²) in [6.07, 6.45) is -0.179. The number of rotatable bonds is 5. The van der Waals surface area contributed by atoms with Gasteiger partial charge < -0.3 is 9.64 Å². The fraction of sp³-hybridized carbons (Fsp3) is 0.556. The number of alkyl halides is 2. The fourth-order valence-corrected chi connectivity index (χ4v) is 3.87. The second-order valence-corrected chi connectivity index (χ2v) is 7.03. The quantitative estimate of drug-likeness (QED) is 0.883. The van der Waals surface area contributed by atoms with Crippen LogP contribution in [-0.4, -0.2) is 76.8 Å². The number of nitrogens with one attached hydrogen (secondary N) is 1. The van der Waals surface area contributed by atoms with Gasteiger partial charge in [-0.1, -0.05) is 18.2 Å². The van der Waals surface area contributed by atoms with Gasteiger partial charge in [-0.3, -0.25) is 14.8 Å². The summed E-state index contributed by atoms with van der Waals surface area (Å²) >= 11 is 0. The number of aromatic amines is 1. The van der Waals surface area contributed by atoms with Crippen molar-refractivity contribution in [2.75, 3.05) is 32.8 Å². The van der Waals surface area contributed by atoms with Gasteiger partial charge in [0.1, 0.15) is 0 Å². The molecule has 2 aliphatic heterocycles. The molecule has 4 rings (SSSR count). The lowest BCUT2D eigenvalue weighted by Gasteiger charge is -2.45. The van der Waals surface area contributed by atoms with E-state index in [2.05, 4.69) is 10.2 Å². The van der Waals surface area contributed by atoms with E-state index in [-0.39, 0.29) is 31.0 Å². The van der Waals surface area contributed by atoms with Gasteiger partial charge in [0.05, 0.1) is 18.7 Å². The molecular weight excluding hydrogens is 342 g/mol. The third-order valence-corrected chi connectivity index (χ3v) is 5.22. The molecule has 2 aromatic rings. The number of hydrogen-bond donors (Lipinski definition) is 1. The van der Waals surface area contributed by atoms with E-state index in [0.29, 0.717) is 32.0 Å². The molecule has 1 N–H and O–H groups in total. The number of ether oxygens (including phenoxy) is 1. The number of benzene rings is 1. The van der Waals surface area contributed by atoms with Crippen molar-refractivity contribution in [1.82, 2.24) is 20.0 Å². The number of carbonyl (C=O) groups excluding carboxylic acids is 1. The van der Waals surface area contributed by atoms with Gasteiger partial charge in [-0.25, -0.2) is 8.78 Å². The van der Waals surface area contributed by atoms with Crippen molar-refractivity contribution >= 4 is 16.8 Å². The topological polar surface area (TPSA) is 61.5 Å². The number of hydrogen-bond acceptors (Lipinski definition) is 4. The molecule has 0 spiro atoms. The third-order valence-electron chi connectivity index (χ3n) is 5.22. The molecule has 8 heteroatoms. The van der Waals surface area contributed by atoms with E-state index in [9.17, 15) is 13.6 Å². The summed E-state index contributed by atoms with van der Waals surface area (Å²) in [6, 6.07) is 7.10. The maximum Gasteiger partial charge on any atom is 0.275 e. The molecule has 0 bridgehead atoms. The largest absolute Gasteiger partial charge is 0.380 e. The molecule has 1 aromatic heterocycles. The SMILES string of the molecule is CCOC[C@@H]1CC(F)(F)CN1C1CN(C(=O)c2n[nH]c3ccccc23)C1. The van der Waals surface area contributed by atoms with Crippen molar-refractivity contribution in [3.05, 3.63) is 30.0 Å². The van der Waals surface area contributed by atoms with Crippen LogP contribution in [0.2, 0.25) is 0 Å². The highest BCUT2D eigenvalue weighted by molar-refractivity contribution is 6.04. The summed E-state index contributed by atoms with van der Waals surface area (Å²) in [5.74, 6) is -2.85. The van der Waals surface area contributed by atoms with Gasteiger partial charge >= 0.3 is 0 Å². The van der Waals surface area contributed by atoms with E-state index < -0.39 is 5.92 Å². The average Bonchev–Trinajstić information content (AvgIpc) is 3.12. The van der Waals surface area contributed by atoms with Gasteiger partial charge in [0, 0.05) is 43.6 Å². The Labute approximate surface area is 150 Å². The van der Waals surface area contributed by atoms with E-state index in [1.165, 1.54) is 0 Å². The number of fused-ring (bicyclic) bond motifs is 1. The maximum atomic E-state index is 13.9. The van der Waals surface area contributed by atoms with Crippen molar-refractivity contribution in [3.8, 4) is 0 Å². The van der Waals surface area contributed by atoms with Gasteiger partial charge in [-0.2, -0.15) is 5.10 Å². The smallest absolute Gasteiger partial charge is 0.275 e. The Morgan fingerprint density at radius 1 is 1.38 bits per heavy atom. The summed E-state index contributed by atoms with van der Waals surface area (Å²) in [7, 11) is 0. The molecular formula is C18H22F2N4O2. The zero-order valence-electron chi connectivity index (χ0n) is 14.6. The van der Waals surface area contributed by atoms with Gasteiger partial charge in [0.25, 0.3) is 11.8 Å². The number of nitrogens with zero attached hydrogens (tertiary/aromatic N) is 3. The van der Waals surface area contributed by atoms with Crippen molar-refractivity contribution in [3.63, 3.8) is 0 Å². The first kappa shape index (κ1) is 17.4. The Morgan fingerprint density at radius 2 is 2.15 bits per heavy atom. The van der Waals surface area contributed by atoms with Crippen LogP contribution in [-0.2, 0) is 4.74 Å². The summed E-state index contributed by atoms with van der Waals surface area (Å²) in [4.78, 5) is 16.2. The first-order valence-corrected chi connectivity index (χ1v) is 8.92. The molecule has 1 amide bonds. The minimum atomic E-state index is -2.69. The average molecular weight is 364 g/mol. The van der Waals surface area contributed by atoms with Crippen molar-refractivity contribution in [2.45, 2.75) is 31.4 Å². The maximum absolute atomic E-state index is 13.9. The molecule has 140 valence electrons. The van der Waals surface area contributed by atoms with Gasteiger partial charge in [0.2, 0.25) is 0 Å². The molecule has 2 fully saturated rings. The monoisotopic (exact) mass is 364 g/mol. The van der Waals surface area contributed by atoms with E-state index in [1.54, 1.807) is 4.90 Å². The molecule has 0 saturated carbocycles. The molecule has 0 radical (unpaired) electrons. The second-order valence-electron chi connectivity index (χ2n) is 7.03. The highest BCUT2D eigenvalue weighted by atomic mass is 19.3. The first-order valence-electron chi connectivity index (χ1n) is 8.92. The summed E-state index contributed by atoms with van der Waals surface area (Å²) in [5.41, 5.74) is 1.19. The third kappa shape index (κ3) is 3.07. The first-order chi connectivity index (χ1) is 12.5. The number of halogens is 2. The zero-order chi connectivity index (χ0) is 18.3. The normalized spacial score (nSPS) is 23.5. The Bertz CT molecular complexity index is 803. The van der Waals surface area contributed by atoms with E-state index in [4.69, 9.17) is 4.74 Å². The van der Waals surface area contributed by atoms with Gasteiger partial charge in [-0.15, -0.1) is 0 Å². The predicted octanol–water partition coefficient (Wildman–Crippen LogP) is 2.13. The van der Waals surface area contributed by atoms with Crippen LogP contribution in [0, 0.1) is 0 Å². The molecule has 1 aromatic carbocycles. The highest BCUT2D eigenvalue weighted by Gasteiger charge is 2.50. The van der Waals surface area contributed by atoms with Crippen LogP contribution in [0.5, 0.6) is 0 Å². The highest BCUT2D eigenvalue weighted by Crippen LogP contribution is 2.36. The lowest BCUT2D eigenvalue weighted by atomic mass is 10.0. The van der Waals surface area contributed by atoms with Crippen LogP contribution in [0.15, 0.2) is 24.3 Å². The molecule has 1 atom stereocenters. The standard InChI is InChI=1S/C18H22F2N4O2/c1-2-26-10-12-7-18(19,20)11-24(12)13-8-23(9-13)17(25)16-14-5-3-4-6-15(14)21-22-16/h3-6,12-13H,2,7-11H2,1H3,(H,21,22)/t12-/m0/s1. The number of aromatic nitrogens is 2. The number of carbonyl (C=O) groups is 1. The molecule has 6 nitrogen and oxygen atoms in total. The molecule has 2 aliphatic rings. The van der Waals surface area contributed by atoms with E-state index in [0.717, 1.165) is 10.9 Å². The summed E-state index contributed by atoms with van der Waals surface area (Å²) < 4.78 is 33.1. The van der Waals surface area contributed by atoms with E-state index >= 15 is 0 Å². The van der Waals surface area contributed by atoms with Gasteiger partial charge in [0.15, 0.2) is 5.69 Å². The predicted molar refractivity (Wildman–Crippen MR) is 92.3 cm³/mol. The van der Waals surface area contributed by atoms with Crippen LogP contribution >= 0.6 is 0 Å². The lowest BCUT2D eigenvalue weighted by Crippen LogP contribution is -2.62. The molecule has 26 heavy (non-hydrogen) atoms. The Kier molecular flexibility index (Phi) is 4.40. The van der Waals surface area contributed by atoms with Crippen LogP contribution in [0.3, 0.4) is 0 Å². The Morgan fingerprint density at radius 3 is 2.92 bits per heavy atom. The van der Waals surface area contributed by atoms with Crippen molar-refractivity contribution in [1.29, 1.82) is 0 Å². The molecule has 0 aliphatic carbocycles. The van der Waals surface area contributed by atoms with Crippen molar-refractivity contribution < 1.29 is 18.3 Å². The Hall–Kier alpha value is -2.06. The van der Waals surface area contributed by atoms with Gasteiger partial charge in [-0.05, 0) is 13.0 Å².